The van der Waals surface area contributed by atoms with Crippen LogP contribution >= 0.6 is 15.9 Å². The third-order valence-corrected chi connectivity index (χ3v) is 3.91. The van der Waals surface area contributed by atoms with Crippen LogP contribution in [0.15, 0.2) is 18.2 Å². The first-order chi connectivity index (χ1) is 7.61. The van der Waals surface area contributed by atoms with E-state index in [0.29, 0.717) is 17.3 Å². The second kappa shape index (κ2) is 4.74. The van der Waals surface area contributed by atoms with Gasteiger partial charge in [-0.2, -0.15) is 0 Å². The molecule has 3 heteroatoms. The van der Waals surface area contributed by atoms with Crippen LogP contribution in [0.2, 0.25) is 0 Å². The maximum Gasteiger partial charge on any atom is 0.146 e. The van der Waals surface area contributed by atoms with Gasteiger partial charge in [0.25, 0.3) is 0 Å². The average molecular weight is 286 g/mol. The summed E-state index contributed by atoms with van der Waals surface area (Å²) in [5.74, 6) is 0.558. The average Bonchev–Trinajstić information content (AvgIpc) is 2.57. The van der Waals surface area contributed by atoms with E-state index in [1.165, 1.54) is 0 Å². The molecule has 0 N–H and O–H groups in total. The fourth-order valence-corrected chi connectivity index (χ4v) is 2.85. The van der Waals surface area contributed by atoms with Crippen molar-refractivity contribution in [2.75, 3.05) is 11.4 Å². The zero-order valence-electron chi connectivity index (χ0n) is 9.71. The Hall–Kier alpha value is -0.570. The van der Waals surface area contributed by atoms with Gasteiger partial charge in [0.2, 0.25) is 0 Å². The highest BCUT2D eigenvalue weighted by molar-refractivity contribution is 9.08. The molecular weight excluding hydrogens is 269 g/mol. The first kappa shape index (κ1) is 11.9. The Morgan fingerprint density at radius 2 is 2.19 bits per heavy atom. The predicted octanol–water partition coefficient (Wildman–Crippen LogP) is 3.96. The van der Waals surface area contributed by atoms with Gasteiger partial charge < -0.3 is 4.90 Å². The zero-order valence-corrected chi connectivity index (χ0v) is 11.3. The lowest BCUT2D eigenvalue weighted by Crippen LogP contribution is -2.27. The van der Waals surface area contributed by atoms with E-state index in [2.05, 4.69) is 34.7 Å². The van der Waals surface area contributed by atoms with Crippen LogP contribution in [-0.2, 0) is 5.33 Å². The molecule has 88 valence electrons. The molecule has 1 heterocycles. The molecule has 1 nitrogen and oxygen atoms in total. The van der Waals surface area contributed by atoms with Crippen LogP contribution in [0, 0.1) is 11.7 Å². The molecule has 1 fully saturated rings. The standard InChI is InChI=1S/C13H17BrFN/c1-9-5-10(2)16(8-9)13-4-3-11(7-14)6-12(13)15/h3-4,6,9-10H,5,7-8H2,1-2H3. The summed E-state index contributed by atoms with van der Waals surface area (Å²) in [6.45, 7) is 5.36. The van der Waals surface area contributed by atoms with Gasteiger partial charge in [0.15, 0.2) is 0 Å². The second-order valence-electron chi connectivity index (χ2n) is 4.76. The van der Waals surface area contributed by atoms with Crippen LogP contribution in [0.5, 0.6) is 0 Å². The Labute approximate surface area is 105 Å². The number of hydrogen-bond donors (Lipinski definition) is 0. The Balaban J connectivity index is 2.27. The minimum Gasteiger partial charge on any atom is -0.366 e. The lowest BCUT2D eigenvalue weighted by atomic mass is 10.1. The van der Waals surface area contributed by atoms with E-state index in [1.807, 2.05) is 12.1 Å². The molecule has 1 aliphatic heterocycles. The molecule has 1 aromatic rings. The summed E-state index contributed by atoms with van der Waals surface area (Å²) in [5, 5.41) is 0.705. The normalized spacial score (nSPS) is 25.1. The van der Waals surface area contributed by atoms with Gasteiger partial charge in [-0.15, -0.1) is 0 Å². The van der Waals surface area contributed by atoms with Crippen molar-refractivity contribution in [3.05, 3.63) is 29.6 Å². The molecule has 1 aliphatic rings. The Morgan fingerprint density at radius 3 is 2.69 bits per heavy atom. The van der Waals surface area contributed by atoms with Crippen molar-refractivity contribution in [1.82, 2.24) is 0 Å². The number of anilines is 1. The summed E-state index contributed by atoms with van der Waals surface area (Å²) < 4.78 is 13.9. The Kier molecular flexibility index (Phi) is 3.53. The van der Waals surface area contributed by atoms with E-state index >= 15 is 0 Å². The molecule has 0 saturated carbocycles. The highest BCUT2D eigenvalue weighted by Gasteiger charge is 2.27. The van der Waals surface area contributed by atoms with E-state index in [9.17, 15) is 4.39 Å². The molecule has 16 heavy (non-hydrogen) atoms. The van der Waals surface area contributed by atoms with Crippen molar-refractivity contribution in [1.29, 1.82) is 0 Å². The molecule has 0 aliphatic carbocycles. The van der Waals surface area contributed by atoms with Crippen molar-refractivity contribution < 1.29 is 4.39 Å². The highest BCUT2D eigenvalue weighted by atomic mass is 79.9. The molecule has 1 saturated heterocycles. The molecule has 0 amide bonds. The van der Waals surface area contributed by atoms with Gasteiger partial charge in [-0.1, -0.05) is 28.9 Å². The monoisotopic (exact) mass is 285 g/mol. The predicted molar refractivity (Wildman–Crippen MR) is 69.6 cm³/mol. The van der Waals surface area contributed by atoms with Crippen molar-refractivity contribution in [2.45, 2.75) is 31.6 Å². The summed E-state index contributed by atoms with van der Waals surface area (Å²) >= 11 is 3.34. The van der Waals surface area contributed by atoms with Crippen molar-refractivity contribution in [3.63, 3.8) is 0 Å². The number of nitrogens with zero attached hydrogens (tertiary/aromatic N) is 1. The van der Waals surface area contributed by atoms with Crippen LogP contribution < -0.4 is 4.90 Å². The topological polar surface area (TPSA) is 3.24 Å². The van der Waals surface area contributed by atoms with E-state index in [-0.39, 0.29) is 5.82 Å². The number of halogens is 2. The lowest BCUT2D eigenvalue weighted by Gasteiger charge is -2.24. The maximum absolute atomic E-state index is 13.9. The smallest absolute Gasteiger partial charge is 0.146 e. The molecule has 0 bridgehead atoms. The molecular formula is C13H17BrFN. The molecule has 1 aromatic carbocycles. The highest BCUT2D eigenvalue weighted by Crippen LogP contribution is 2.31. The number of rotatable bonds is 2. The van der Waals surface area contributed by atoms with Gasteiger partial charge in [0.05, 0.1) is 5.69 Å². The second-order valence-corrected chi connectivity index (χ2v) is 5.32. The van der Waals surface area contributed by atoms with Crippen LogP contribution in [0.3, 0.4) is 0 Å². The van der Waals surface area contributed by atoms with Gasteiger partial charge in [0, 0.05) is 17.9 Å². The zero-order chi connectivity index (χ0) is 11.7. The molecule has 2 atom stereocenters. The van der Waals surface area contributed by atoms with E-state index in [1.54, 1.807) is 6.07 Å². The summed E-state index contributed by atoms with van der Waals surface area (Å²) in [6, 6.07) is 5.96. The Morgan fingerprint density at radius 1 is 1.44 bits per heavy atom. The van der Waals surface area contributed by atoms with E-state index in [4.69, 9.17) is 0 Å². The molecule has 0 aromatic heterocycles. The maximum atomic E-state index is 13.9. The van der Waals surface area contributed by atoms with Crippen LogP contribution in [0.1, 0.15) is 25.8 Å². The van der Waals surface area contributed by atoms with Gasteiger partial charge in [0.1, 0.15) is 5.82 Å². The first-order valence-electron chi connectivity index (χ1n) is 5.73. The van der Waals surface area contributed by atoms with Gasteiger partial charge in [-0.3, -0.25) is 0 Å². The molecule has 2 rings (SSSR count). The summed E-state index contributed by atoms with van der Waals surface area (Å²) in [4.78, 5) is 2.18. The van der Waals surface area contributed by atoms with Crippen molar-refractivity contribution >= 4 is 21.6 Å². The van der Waals surface area contributed by atoms with Gasteiger partial charge in [-0.25, -0.2) is 4.39 Å². The van der Waals surface area contributed by atoms with Crippen LogP contribution in [0.4, 0.5) is 10.1 Å². The van der Waals surface area contributed by atoms with Crippen molar-refractivity contribution in [3.8, 4) is 0 Å². The van der Waals surface area contributed by atoms with Gasteiger partial charge >= 0.3 is 0 Å². The van der Waals surface area contributed by atoms with E-state index in [0.717, 1.165) is 24.2 Å². The number of benzene rings is 1. The summed E-state index contributed by atoms with van der Waals surface area (Å²) in [6.07, 6.45) is 1.15. The third-order valence-electron chi connectivity index (χ3n) is 3.26. The van der Waals surface area contributed by atoms with Crippen LogP contribution in [-0.4, -0.2) is 12.6 Å². The lowest BCUT2D eigenvalue weighted by molar-refractivity contribution is 0.611. The quantitative estimate of drug-likeness (QED) is 0.744. The van der Waals surface area contributed by atoms with Crippen LogP contribution in [0.25, 0.3) is 0 Å². The minimum atomic E-state index is -0.0992. The van der Waals surface area contributed by atoms with Gasteiger partial charge in [-0.05, 0) is 37.0 Å². The molecule has 0 spiro atoms. The number of hydrogen-bond acceptors (Lipinski definition) is 1. The minimum absolute atomic E-state index is 0.0992. The number of alkyl halides is 1. The third kappa shape index (κ3) is 2.24. The van der Waals surface area contributed by atoms with Crippen molar-refractivity contribution in [2.24, 2.45) is 5.92 Å². The fourth-order valence-electron chi connectivity index (χ4n) is 2.50. The van der Waals surface area contributed by atoms with E-state index < -0.39 is 0 Å². The summed E-state index contributed by atoms with van der Waals surface area (Å²) in [5.41, 5.74) is 1.74. The molecule has 2 unspecified atom stereocenters. The summed E-state index contributed by atoms with van der Waals surface area (Å²) in [7, 11) is 0. The largest absolute Gasteiger partial charge is 0.366 e. The first-order valence-corrected chi connectivity index (χ1v) is 6.85. The SMILES string of the molecule is CC1CC(C)N(c2ccc(CBr)cc2F)C1. The fraction of sp³-hybridized carbons (Fsp3) is 0.538. The Bertz CT molecular complexity index is 380. The molecule has 0 radical (unpaired) electrons.